The van der Waals surface area contributed by atoms with Gasteiger partial charge in [-0.3, -0.25) is 0 Å². The highest BCUT2D eigenvalue weighted by molar-refractivity contribution is 14.1. The van der Waals surface area contributed by atoms with Crippen molar-refractivity contribution in [1.82, 2.24) is 9.97 Å². The van der Waals surface area contributed by atoms with Crippen LogP contribution in [0.4, 0.5) is 5.82 Å². The summed E-state index contributed by atoms with van der Waals surface area (Å²) in [5.74, 6) is 1.88. The molecular formula is C15H17ClIN3. The Labute approximate surface area is 138 Å². The van der Waals surface area contributed by atoms with Crippen LogP contribution in [0.25, 0.3) is 0 Å². The Morgan fingerprint density at radius 3 is 2.45 bits per heavy atom. The Kier molecular flexibility index (Phi) is 5.21. The Hall–Kier alpha value is -0.880. The van der Waals surface area contributed by atoms with E-state index in [1.54, 1.807) is 0 Å². The number of halogens is 2. The average Bonchev–Trinajstić information content (AvgIpc) is 2.37. The molecule has 1 aromatic heterocycles. The van der Waals surface area contributed by atoms with E-state index >= 15 is 0 Å². The van der Waals surface area contributed by atoms with Gasteiger partial charge in [-0.15, -0.1) is 0 Å². The minimum atomic E-state index is 0.543. The van der Waals surface area contributed by atoms with Crippen LogP contribution in [0.1, 0.15) is 30.9 Å². The molecule has 0 aliphatic heterocycles. The van der Waals surface area contributed by atoms with Crippen molar-refractivity contribution < 1.29 is 0 Å². The second kappa shape index (κ2) is 6.72. The van der Waals surface area contributed by atoms with Crippen molar-refractivity contribution in [2.45, 2.75) is 26.7 Å². The molecule has 0 unspecified atom stereocenters. The molecule has 0 radical (unpaired) electrons. The minimum Gasteiger partial charge on any atom is -0.383 e. The maximum atomic E-state index is 6.00. The topological polar surface area (TPSA) is 51.8 Å². The van der Waals surface area contributed by atoms with Gasteiger partial charge in [-0.25, -0.2) is 9.97 Å². The number of anilines is 1. The highest BCUT2D eigenvalue weighted by atomic mass is 127. The van der Waals surface area contributed by atoms with Crippen molar-refractivity contribution in [2.24, 2.45) is 5.92 Å². The largest absolute Gasteiger partial charge is 0.383 e. The third-order valence-corrected chi connectivity index (χ3v) is 4.30. The monoisotopic (exact) mass is 401 g/mol. The average molecular weight is 402 g/mol. The number of aromatic nitrogens is 2. The third-order valence-electron chi connectivity index (χ3n) is 2.87. The van der Waals surface area contributed by atoms with E-state index < -0.39 is 0 Å². The summed E-state index contributed by atoms with van der Waals surface area (Å²) in [6.07, 6.45) is 1.59. The van der Waals surface area contributed by atoms with Crippen LogP contribution in [0, 0.1) is 9.49 Å². The van der Waals surface area contributed by atoms with E-state index in [0.717, 1.165) is 32.1 Å². The lowest BCUT2D eigenvalue weighted by atomic mass is 10.1. The maximum absolute atomic E-state index is 6.00. The van der Waals surface area contributed by atoms with Crippen LogP contribution in [0.2, 0.25) is 5.02 Å². The zero-order valence-corrected chi connectivity index (χ0v) is 14.4. The van der Waals surface area contributed by atoms with Crippen LogP contribution in [0.5, 0.6) is 0 Å². The zero-order valence-electron chi connectivity index (χ0n) is 11.5. The van der Waals surface area contributed by atoms with Gasteiger partial charge in [0.25, 0.3) is 0 Å². The number of nitrogen functional groups attached to an aromatic ring is 1. The van der Waals surface area contributed by atoms with Crippen molar-refractivity contribution >= 4 is 40.0 Å². The molecule has 0 fully saturated rings. The summed E-state index contributed by atoms with van der Waals surface area (Å²) < 4.78 is 0.969. The van der Waals surface area contributed by atoms with Crippen molar-refractivity contribution in [3.8, 4) is 0 Å². The molecule has 20 heavy (non-hydrogen) atoms. The quantitative estimate of drug-likeness (QED) is 0.785. The van der Waals surface area contributed by atoms with Crippen LogP contribution < -0.4 is 5.73 Å². The maximum Gasteiger partial charge on any atom is 0.140 e. The Bertz CT molecular complexity index is 597. The van der Waals surface area contributed by atoms with Crippen molar-refractivity contribution in [2.75, 3.05) is 5.73 Å². The van der Waals surface area contributed by atoms with Gasteiger partial charge in [0.1, 0.15) is 11.6 Å². The summed E-state index contributed by atoms with van der Waals surface area (Å²) >= 11 is 8.11. The Morgan fingerprint density at radius 2 is 1.85 bits per heavy atom. The van der Waals surface area contributed by atoms with Gasteiger partial charge in [0.05, 0.1) is 9.26 Å². The fourth-order valence-electron chi connectivity index (χ4n) is 1.95. The summed E-state index contributed by atoms with van der Waals surface area (Å²) in [6, 6.07) is 7.73. The van der Waals surface area contributed by atoms with Crippen LogP contribution >= 0.6 is 34.2 Å². The first-order valence-corrected chi connectivity index (χ1v) is 7.96. The van der Waals surface area contributed by atoms with Crippen molar-refractivity contribution in [3.05, 3.63) is 49.9 Å². The summed E-state index contributed by atoms with van der Waals surface area (Å²) in [5, 5.41) is 0.734. The molecule has 0 amide bonds. The summed E-state index contributed by atoms with van der Waals surface area (Å²) in [4.78, 5) is 9.04. The second-order valence-corrected chi connectivity index (χ2v) is 6.70. The molecule has 2 N–H and O–H groups in total. The molecule has 5 heteroatoms. The number of benzene rings is 1. The lowest BCUT2D eigenvalue weighted by Gasteiger charge is -2.11. The van der Waals surface area contributed by atoms with Crippen molar-refractivity contribution in [1.29, 1.82) is 0 Å². The first-order chi connectivity index (χ1) is 9.45. The summed E-state index contributed by atoms with van der Waals surface area (Å²) in [5.41, 5.74) is 8.16. The number of rotatable bonds is 4. The predicted octanol–water partition coefficient (Wildman–Crippen LogP) is 4.11. The fraction of sp³-hybridized carbons (Fsp3) is 0.333. The van der Waals surface area contributed by atoms with Crippen LogP contribution in [-0.4, -0.2) is 9.97 Å². The smallest absolute Gasteiger partial charge is 0.140 e. The van der Waals surface area contributed by atoms with E-state index in [4.69, 9.17) is 17.3 Å². The molecule has 0 saturated carbocycles. The molecule has 3 nitrogen and oxygen atoms in total. The van der Waals surface area contributed by atoms with E-state index in [1.165, 1.54) is 0 Å². The SMILES string of the molecule is CC(C)Cc1nc(Cc2ccc(Cl)cc2)nc(N)c1I. The standard InChI is InChI=1S/C15H17ClIN3/c1-9(2)7-12-14(17)15(18)20-13(19-12)8-10-3-5-11(16)6-4-10/h3-6,9H,7-8H2,1-2H3,(H2,18,19,20). The van der Waals surface area contributed by atoms with Gasteiger partial charge in [-0.2, -0.15) is 0 Å². The molecule has 1 heterocycles. The summed E-state index contributed by atoms with van der Waals surface area (Å²) in [6.45, 7) is 4.35. The highest BCUT2D eigenvalue weighted by Crippen LogP contribution is 2.20. The van der Waals surface area contributed by atoms with Gasteiger partial charge in [0.2, 0.25) is 0 Å². The molecule has 1 aromatic carbocycles. The van der Waals surface area contributed by atoms with Gasteiger partial charge in [0.15, 0.2) is 0 Å². The number of nitrogens with two attached hydrogens (primary N) is 1. The molecular weight excluding hydrogens is 385 g/mol. The van der Waals surface area contributed by atoms with Crippen molar-refractivity contribution in [3.63, 3.8) is 0 Å². The van der Waals surface area contributed by atoms with Gasteiger partial charge >= 0.3 is 0 Å². The molecule has 2 aromatic rings. The number of hydrogen-bond acceptors (Lipinski definition) is 3. The van der Waals surface area contributed by atoms with Gasteiger partial charge in [0, 0.05) is 11.4 Å². The lowest BCUT2D eigenvalue weighted by molar-refractivity contribution is 0.629. The predicted molar refractivity (Wildman–Crippen MR) is 92.0 cm³/mol. The zero-order chi connectivity index (χ0) is 14.7. The third kappa shape index (κ3) is 4.06. The highest BCUT2D eigenvalue weighted by Gasteiger charge is 2.12. The normalized spacial score (nSPS) is 11.1. The number of hydrogen-bond donors (Lipinski definition) is 1. The van der Waals surface area contributed by atoms with E-state index in [0.29, 0.717) is 18.2 Å². The molecule has 0 bridgehead atoms. The van der Waals surface area contributed by atoms with Gasteiger partial charge < -0.3 is 5.73 Å². The Morgan fingerprint density at radius 1 is 1.20 bits per heavy atom. The van der Waals surface area contributed by atoms with E-state index in [2.05, 4.69) is 46.4 Å². The van der Waals surface area contributed by atoms with E-state index in [9.17, 15) is 0 Å². The first-order valence-electron chi connectivity index (χ1n) is 6.51. The molecule has 106 valence electrons. The second-order valence-electron chi connectivity index (χ2n) is 5.19. The van der Waals surface area contributed by atoms with Gasteiger partial charge in [-0.05, 0) is 52.6 Å². The molecule has 0 aliphatic carbocycles. The summed E-state index contributed by atoms with van der Waals surface area (Å²) in [7, 11) is 0. The molecule has 0 atom stereocenters. The lowest BCUT2D eigenvalue weighted by Crippen LogP contribution is -2.10. The van der Waals surface area contributed by atoms with Crippen LogP contribution in [-0.2, 0) is 12.8 Å². The van der Waals surface area contributed by atoms with E-state index in [-0.39, 0.29) is 0 Å². The molecule has 2 rings (SSSR count). The molecule has 0 spiro atoms. The first kappa shape index (κ1) is 15.5. The van der Waals surface area contributed by atoms with E-state index in [1.807, 2.05) is 24.3 Å². The molecule has 0 aliphatic rings. The number of nitrogens with zero attached hydrogens (tertiary/aromatic N) is 2. The van der Waals surface area contributed by atoms with Crippen LogP contribution in [0.3, 0.4) is 0 Å². The van der Waals surface area contributed by atoms with Gasteiger partial charge in [-0.1, -0.05) is 37.6 Å². The minimum absolute atomic E-state index is 0.543. The molecule has 0 saturated heterocycles. The van der Waals surface area contributed by atoms with Crippen LogP contribution in [0.15, 0.2) is 24.3 Å². The fourth-order valence-corrected chi connectivity index (χ4v) is 2.54. The Balaban J connectivity index is 2.27.